The number of hydrogen-bond donors (Lipinski definition) is 1. The Morgan fingerprint density at radius 3 is 2.60 bits per heavy atom. The summed E-state index contributed by atoms with van der Waals surface area (Å²) in [5, 5.41) is 0. The average Bonchev–Trinajstić information content (AvgIpc) is 2.63. The lowest BCUT2D eigenvalue weighted by Gasteiger charge is -2.27. The predicted octanol–water partition coefficient (Wildman–Crippen LogP) is 3.76. The molecule has 0 radical (unpaired) electrons. The number of benzene rings is 2. The van der Waals surface area contributed by atoms with E-state index in [4.69, 9.17) is 4.98 Å². The highest BCUT2D eigenvalue weighted by atomic mass is 79.9. The molecule has 5 heteroatoms. The molecule has 4 rings (SSSR count). The lowest BCUT2D eigenvalue weighted by molar-refractivity contribution is 0.242. The van der Waals surface area contributed by atoms with Crippen LogP contribution in [0, 0.1) is 0 Å². The summed E-state index contributed by atoms with van der Waals surface area (Å²) in [5.74, 6) is 0.646. The van der Waals surface area contributed by atoms with Crippen molar-refractivity contribution in [3.8, 4) is 11.4 Å². The van der Waals surface area contributed by atoms with E-state index in [0.29, 0.717) is 12.4 Å². The van der Waals surface area contributed by atoms with Gasteiger partial charge in [0.25, 0.3) is 5.56 Å². The molecule has 0 saturated carbocycles. The van der Waals surface area contributed by atoms with E-state index >= 15 is 0 Å². The van der Waals surface area contributed by atoms with Crippen molar-refractivity contribution in [1.82, 2.24) is 14.9 Å². The van der Waals surface area contributed by atoms with Gasteiger partial charge in [0.1, 0.15) is 5.82 Å². The number of hydrogen-bond acceptors (Lipinski definition) is 3. The van der Waals surface area contributed by atoms with Gasteiger partial charge in [-0.25, -0.2) is 4.98 Å². The molecule has 25 heavy (non-hydrogen) atoms. The van der Waals surface area contributed by atoms with E-state index in [1.54, 1.807) is 0 Å². The summed E-state index contributed by atoms with van der Waals surface area (Å²) >= 11 is 3.43. The van der Waals surface area contributed by atoms with Crippen LogP contribution in [0.25, 0.3) is 11.4 Å². The molecule has 0 unspecified atom stereocenters. The standard InChI is InChI=1S/C20H18BrN3O/c21-16-8-6-15(7-9-16)19-22-18-10-11-24(13-17(18)20(25)23-19)12-14-4-2-1-3-5-14/h1-9H,10-13H2,(H,22,23,25). The van der Waals surface area contributed by atoms with Crippen LogP contribution in [-0.2, 0) is 19.5 Å². The molecular weight excluding hydrogens is 378 g/mol. The van der Waals surface area contributed by atoms with Gasteiger partial charge < -0.3 is 4.98 Å². The van der Waals surface area contributed by atoms with Gasteiger partial charge in [-0.2, -0.15) is 0 Å². The molecule has 1 aromatic heterocycles. The van der Waals surface area contributed by atoms with Crippen molar-refractivity contribution >= 4 is 15.9 Å². The zero-order valence-corrected chi connectivity index (χ0v) is 15.3. The summed E-state index contributed by atoms with van der Waals surface area (Å²) in [7, 11) is 0. The number of nitrogens with zero attached hydrogens (tertiary/aromatic N) is 2. The van der Waals surface area contributed by atoms with Gasteiger partial charge in [-0.1, -0.05) is 58.4 Å². The molecule has 4 nitrogen and oxygen atoms in total. The maximum Gasteiger partial charge on any atom is 0.255 e. The molecule has 1 N–H and O–H groups in total. The first-order valence-electron chi connectivity index (χ1n) is 8.33. The minimum atomic E-state index is -0.0271. The van der Waals surface area contributed by atoms with Gasteiger partial charge in [0.2, 0.25) is 0 Å². The zero-order valence-electron chi connectivity index (χ0n) is 13.7. The molecule has 0 spiro atoms. The minimum absolute atomic E-state index is 0.0271. The summed E-state index contributed by atoms with van der Waals surface area (Å²) in [6, 6.07) is 18.2. The van der Waals surface area contributed by atoms with Gasteiger partial charge >= 0.3 is 0 Å². The lowest BCUT2D eigenvalue weighted by Crippen LogP contribution is -2.35. The van der Waals surface area contributed by atoms with E-state index in [1.165, 1.54) is 5.56 Å². The van der Waals surface area contributed by atoms with Gasteiger partial charge in [-0.3, -0.25) is 9.69 Å². The first-order valence-corrected chi connectivity index (χ1v) is 9.12. The number of fused-ring (bicyclic) bond motifs is 1. The molecule has 2 heterocycles. The second-order valence-electron chi connectivity index (χ2n) is 6.29. The van der Waals surface area contributed by atoms with Gasteiger partial charge in [0.05, 0.1) is 11.3 Å². The SMILES string of the molecule is O=c1[nH]c(-c2ccc(Br)cc2)nc2c1CN(Cc1ccccc1)CC2. The number of aromatic nitrogens is 2. The monoisotopic (exact) mass is 395 g/mol. The van der Waals surface area contributed by atoms with Crippen LogP contribution in [0.15, 0.2) is 63.9 Å². The number of H-pyrrole nitrogens is 1. The van der Waals surface area contributed by atoms with E-state index < -0.39 is 0 Å². The van der Waals surface area contributed by atoms with Crippen molar-refractivity contribution in [1.29, 1.82) is 0 Å². The Balaban J connectivity index is 1.59. The number of nitrogens with one attached hydrogen (secondary N) is 1. The Morgan fingerprint density at radius 1 is 1.08 bits per heavy atom. The Hall–Kier alpha value is -2.24. The Kier molecular flexibility index (Phi) is 4.51. The van der Waals surface area contributed by atoms with Crippen LogP contribution >= 0.6 is 15.9 Å². The molecule has 1 aliphatic heterocycles. The fraction of sp³-hybridized carbons (Fsp3) is 0.200. The van der Waals surface area contributed by atoms with Crippen molar-refractivity contribution in [2.75, 3.05) is 6.54 Å². The second kappa shape index (κ2) is 6.94. The zero-order chi connectivity index (χ0) is 17.2. The molecule has 0 amide bonds. The topological polar surface area (TPSA) is 49.0 Å². The molecular formula is C20H18BrN3O. The summed E-state index contributed by atoms with van der Waals surface area (Å²) in [6.07, 6.45) is 0.801. The highest BCUT2D eigenvalue weighted by molar-refractivity contribution is 9.10. The van der Waals surface area contributed by atoms with Crippen LogP contribution in [0.2, 0.25) is 0 Å². The summed E-state index contributed by atoms with van der Waals surface area (Å²) in [4.78, 5) is 22.6. The fourth-order valence-corrected chi connectivity index (χ4v) is 3.47. The number of rotatable bonds is 3. The number of aromatic amines is 1. The fourth-order valence-electron chi connectivity index (χ4n) is 3.20. The second-order valence-corrected chi connectivity index (χ2v) is 7.21. The molecule has 0 atom stereocenters. The van der Waals surface area contributed by atoms with Crippen molar-refractivity contribution in [3.05, 3.63) is 86.2 Å². The third-order valence-corrected chi connectivity index (χ3v) is 5.04. The maximum atomic E-state index is 12.6. The van der Waals surface area contributed by atoms with Crippen LogP contribution in [0.4, 0.5) is 0 Å². The van der Waals surface area contributed by atoms with Crippen molar-refractivity contribution < 1.29 is 0 Å². The predicted molar refractivity (Wildman–Crippen MR) is 102 cm³/mol. The Bertz CT molecular complexity index is 935. The van der Waals surface area contributed by atoms with E-state index in [-0.39, 0.29) is 5.56 Å². The normalized spacial score (nSPS) is 14.3. The number of halogens is 1. The Labute approximate surface area is 154 Å². The third-order valence-electron chi connectivity index (χ3n) is 4.51. The average molecular weight is 396 g/mol. The van der Waals surface area contributed by atoms with E-state index in [0.717, 1.165) is 40.8 Å². The van der Waals surface area contributed by atoms with Crippen molar-refractivity contribution in [2.45, 2.75) is 19.5 Å². The summed E-state index contributed by atoms with van der Waals surface area (Å²) < 4.78 is 1.01. The summed E-state index contributed by atoms with van der Waals surface area (Å²) in [6.45, 7) is 2.42. The van der Waals surface area contributed by atoms with Gasteiger partial charge in [-0.15, -0.1) is 0 Å². The molecule has 3 aromatic rings. The highest BCUT2D eigenvalue weighted by Gasteiger charge is 2.21. The molecule has 2 aromatic carbocycles. The highest BCUT2D eigenvalue weighted by Crippen LogP contribution is 2.21. The molecule has 1 aliphatic rings. The minimum Gasteiger partial charge on any atom is -0.306 e. The van der Waals surface area contributed by atoms with E-state index in [2.05, 4.69) is 37.9 Å². The van der Waals surface area contributed by atoms with Crippen molar-refractivity contribution in [2.24, 2.45) is 0 Å². The van der Waals surface area contributed by atoms with E-state index in [1.807, 2.05) is 42.5 Å². The van der Waals surface area contributed by atoms with E-state index in [9.17, 15) is 4.79 Å². The van der Waals surface area contributed by atoms with Gasteiger partial charge in [0.15, 0.2) is 0 Å². The molecule has 126 valence electrons. The largest absolute Gasteiger partial charge is 0.306 e. The van der Waals surface area contributed by atoms with Crippen LogP contribution in [0.3, 0.4) is 0 Å². The first kappa shape index (κ1) is 16.2. The lowest BCUT2D eigenvalue weighted by atomic mass is 10.1. The van der Waals surface area contributed by atoms with Crippen LogP contribution in [-0.4, -0.2) is 21.4 Å². The van der Waals surface area contributed by atoms with Crippen molar-refractivity contribution in [3.63, 3.8) is 0 Å². The third kappa shape index (κ3) is 3.57. The quantitative estimate of drug-likeness (QED) is 0.734. The first-order chi connectivity index (χ1) is 12.2. The van der Waals surface area contributed by atoms with Gasteiger partial charge in [0, 0.05) is 36.1 Å². The maximum absolute atomic E-state index is 12.6. The van der Waals surface area contributed by atoms with Crippen LogP contribution in [0.1, 0.15) is 16.8 Å². The molecule has 0 bridgehead atoms. The van der Waals surface area contributed by atoms with Crippen LogP contribution in [0.5, 0.6) is 0 Å². The van der Waals surface area contributed by atoms with Gasteiger partial charge in [-0.05, 0) is 17.7 Å². The summed E-state index contributed by atoms with van der Waals surface area (Å²) in [5.41, 5.74) is 3.88. The Morgan fingerprint density at radius 2 is 1.84 bits per heavy atom. The molecule has 0 saturated heterocycles. The smallest absolute Gasteiger partial charge is 0.255 e. The molecule has 0 fully saturated rings. The van der Waals surface area contributed by atoms with Crippen LogP contribution < -0.4 is 5.56 Å². The molecule has 0 aliphatic carbocycles.